The first-order chi connectivity index (χ1) is 14.9. The standard InChI is InChI=1S/C23H34BrN3O4/c1-3-31-22(29)16-25-8-6-19(7-9-25)26-10-12-27(13-11-26)23(30)17(2)14-18-4-5-21(28)20(24)15-18/h4-5,15,17,19,28H,3,6-14,16H2,1-2H3/t17-/m1/s1. The zero-order valence-corrected chi connectivity index (χ0v) is 20.1. The van der Waals surface area contributed by atoms with Crippen molar-refractivity contribution in [2.24, 2.45) is 5.92 Å². The Morgan fingerprint density at radius 3 is 2.45 bits per heavy atom. The highest BCUT2D eigenvalue weighted by atomic mass is 79.9. The van der Waals surface area contributed by atoms with Crippen LogP contribution in [-0.2, 0) is 20.7 Å². The Kier molecular flexibility index (Phi) is 8.75. The fourth-order valence-corrected chi connectivity index (χ4v) is 5.00. The monoisotopic (exact) mass is 495 g/mol. The van der Waals surface area contributed by atoms with Crippen molar-refractivity contribution < 1.29 is 19.4 Å². The van der Waals surface area contributed by atoms with Crippen molar-refractivity contribution in [1.29, 1.82) is 0 Å². The van der Waals surface area contributed by atoms with Crippen LogP contribution in [-0.4, -0.2) is 90.1 Å². The van der Waals surface area contributed by atoms with Crippen LogP contribution >= 0.6 is 15.9 Å². The number of hydrogen-bond acceptors (Lipinski definition) is 6. The Hall–Kier alpha value is -1.64. The minimum atomic E-state index is -0.137. The van der Waals surface area contributed by atoms with Gasteiger partial charge in [0.1, 0.15) is 5.75 Å². The summed E-state index contributed by atoms with van der Waals surface area (Å²) in [4.78, 5) is 31.3. The molecule has 2 fully saturated rings. The average molecular weight is 496 g/mol. The molecule has 2 saturated heterocycles. The lowest BCUT2D eigenvalue weighted by Gasteiger charge is -2.43. The van der Waals surface area contributed by atoms with Crippen molar-refractivity contribution >= 4 is 27.8 Å². The Labute approximate surface area is 193 Å². The predicted molar refractivity (Wildman–Crippen MR) is 123 cm³/mol. The van der Waals surface area contributed by atoms with Crippen molar-refractivity contribution in [3.8, 4) is 5.75 Å². The summed E-state index contributed by atoms with van der Waals surface area (Å²) in [6, 6.07) is 5.94. The van der Waals surface area contributed by atoms with Crippen LogP contribution in [0.1, 0.15) is 32.3 Å². The van der Waals surface area contributed by atoms with Gasteiger partial charge in [0, 0.05) is 51.2 Å². The van der Waals surface area contributed by atoms with Crippen LogP contribution in [0.4, 0.5) is 0 Å². The Morgan fingerprint density at radius 1 is 1.16 bits per heavy atom. The Balaban J connectivity index is 1.41. The molecular weight excluding hydrogens is 462 g/mol. The second-order valence-electron chi connectivity index (χ2n) is 8.56. The Bertz CT molecular complexity index is 759. The number of carbonyl (C=O) groups is 2. The fraction of sp³-hybridized carbons (Fsp3) is 0.652. The van der Waals surface area contributed by atoms with E-state index >= 15 is 0 Å². The molecule has 3 rings (SSSR count). The highest BCUT2D eigenvalue weighted by molar-refractivity contribution is 9.10. The van der Waals surface area contributed by atoms with E-state index in [1.807, 2.05) is 30.9 Å². The van der Waals surface area contributed by atoms with Gasteiger partial charge in [-0.25, -0.2) is 0 Å². The molecular formula is C23H34BrN3O4. The first-order valence-corrected chi connectivity index (χ1v) is 12.0. The number of ether oxygens (including phenoxy) is 1. The van der Waals surface area contributed by atoms with Crippen LogP contribution in [0, 0.1) is 5.92 Å². The van der Waals surface area contributed by atoms with Gasteiger partial charge in [-0.3, -0.25) is 19.4 Å². The molecule has 172 valence electrons. The maximum Gasteiger partial charge on any atom is 0.320 e. The zero-order chi connectivity index (χ0) is 22.4. The maximum atomic E-state index is 12.9. The number of esters is 1. The minimum absolute atomic E-state index is 0.0888. The van der Waals surface area contributed by atoms with Gasteiger partial charge in [-0.1, -0.05) is 13.0 Å². The molecule has 1 aromatic carbocycles. The summed E-state index contributed by atoms with van der Waals surface area (Å²) in [5.41, 5.74) is 1.04. The van der Waals surface area contributed by atoms with E-state index in [4.69, 9.17) is 4.74 Å². The number of piperazine rings is 1. The van der Waals surface area contributed by atoms with E-state index in [2.05, 4.69) is 25.7 Å². The zero-order valence-electron chi connectivity index (χ0n) is 18.6. The molecule has 8 heteroatoms. The van der Waals surface area contributed by atoms with Crippen molar-refractivity contribution in [1.82, 2.24) is 14.7 Å². The number of nitrogens with zero attached hydrogens (tertiary/aromatic N) is 3. The number of phenolic OH excluding ortho intramolecular Hbond substituents is 1. The van der Waals surface area contributed by atoms with Gasteiger partial charge in [0.2, 0.25) is 5.91 Å². The molecule has 1 N–H and O–H groups in total. The number of aromatic hydroxyl groups is 1. The van der Waals surface area contributed by atoms with Gasteiger partial charge >= 0.3 is 5.97 Å². The lowest BCUT2D eigenvalue weighted by Crippen LogP contribution is -2.55. The van der Waals surface area contributed by atoms with Crippen molar-refractivity contribution in [2.75, 3.05) is 52.4 Å². The molecule has 0 aliphatic carbocycles. The minimum Gasteiger partial charge on any atom is -0.507 e. The van der Waals surface area contributed by atoms with Crippen LogP contribution in [0.5, 0.6) is 5.75 Å². The van der Waals surface area contributed by atoms with E-state index in [0.717, 1.165) is 57.7 Å². The van der Waals surface area contributed by atoms with Gasteiger partial charge in [-0.15, -0.1) is 0 Å². The molecule has 1 atom stereocenters. The molecule has 0 saturated carbocycles. The van der Waals surface area contributed by atoms with E-state index in [1.54, 1.807) is 6.07 Å². The van der Waals surface area contributed by atoms with E-state index in [-0.39, 0.29) is 23.5 Å². The molecule has 2 aliphatic heterocycles. The summed E-state index contributed by atoms with van der Waals surface area (Å²) in [6.07, 6.45) is 2.77. The van der Waals surface area contributed by atoms with E-state index in [0.29, 0.717) is 30.1 Å². The first kappa shape index (κ1) is 24.0. The number of piperidine rings is 1. The smallest absolute Gasteiger partial charge is 0.320 e. The van der Waals surface area contributed by atoms with Gasteiger partial charge in [0.15, 0.2) is 0 Å². The SMILES string of the molecule is CCOC(=O)CN1CCC(N2CCN(C(=O)[C@H](C)Cc3ccc(O)c(Br)c3)CC2)CC1. The van der Waals surface area contributed by atoms with Gasteiger partial charge in [-0.2, -0.15) is 0 Å². The summed E-state index contributed by atoms with van der Waals surface area (Å²) >= 11 is 3.34. The summed E-state index contributed by atoms with van der Waals surface area (Å²) in [5.74, 6) is 0.189. The number of carbonyl (C=O) groups excluding carboxylic acids is 2. The van der Waals surface area contributed by atoms with Crippen molar-refractivity contribution in [2.45, 2.75) is 39.2 Å². The second-order valence-corrected chi connectivity index (χ2v) is 9.42. The predicted octanol–water partition coefficient (Wildman–Crippen LogP) is 2.51. The average Bonchev–Trinajstić information content (AvgIpc) is 2.76. The maximum absolute atomic E-state index is 12.9. The Morgan fingerprint density at radius 2 is 1.84 bits per heavy atom. The van der Waals surface area contributed by atoms with Crippen LogP contribution in [0.25, 0.3) is 0 Å². The highest BCUT2D eigenvalue weighted by Crippen LogP contribution is 2.26. The highest BCUT2D eigenvalue weighted by Gasteiger charge is 2.30. The molecule has 0 aromatic heterocycles. The quantitative estimate of drug-likeness (QED) is 0.585. The number of benzene rings is 1. The number of phenols is 1. The molecule has 1 amide bonds. The summed E-state index contributed by atoms with van der Waals surface area (Å²) in [5, 5.41) is 9.65. The third-order valence-electron chi connectivity index (χ3n) is 6.33. The van der Waals surface area contributed by atoms with Crippen LogP contribution in [0.2, 0.25) is 0 Å². The molecule has 0 spiro atoms. The van der Waals surface area contributed by atoms with Crippen LogP contribution in [0.15, 0.2) is 22.7 Å². The van der Waals surface area contributed by atoms with Crippen LogP contribution < -0.4 is 0 Å². The molecule has 0 bridgehead atoms. The molecule has 0 unspecified atom stereocenters. The molecule has 7 nitrogen and oxygen atoms in total. The lowest BCUT2D eigenvalue weighted by atomic mass is 9.98. The number of halogens is 1. The molecule has 31 heavy (non-hydrogen) atoms. The number of likely N-dealkylation sites (tertiary alicyclic amines) is 1. The fourth-order valence-electron chi connectivity index (χ4n) is 4.57. The second kappa shape index (κ2) is 11.3. The third-order valence-corrected chi connectivity index (χ3v) is 6.97. The summed E-state index contributed by atoms with van der Waals surface area (Å²) < 4.78 is 5.71. The van der Waals surface area contributed by atoms with Gasteiger partial charge < -0.3 is 14.7 Å². The third kappa shape index (κ3) is 6.67. The van der Waals surface area contributed by atoms with E-state index < -0.39 is 0 Å². The van der Waals surface area contributed by atoms with Gasteiger partial charge in [0.25, 0.3) is 0 Å². The van der Waals surface area contributed by atoms with Gasteiger partial charge in [-0.05, 0) is 59.8 Å². The van der Waals surface area contributed by atoms with Crippen molar-refractivity contribution in [3.63, 3.8) is 0 Å². The first-order valence-electron chi connectivity index (χ1n) is 11.3. The lowest BCUT2D eigenvalue weighted by molar-refractivity contribution is -0.144. The molecule has 2 heterocycles. The van der Waals surface area contributed by atoms with Crippen molar-refractivity contribution in [3.05, 3.63) is 28.2 Å². The molecule has 2 aliphatic rings. The molecule has 1 aromatic rings. The number of rotatable bonds is 7. The van der Waals surface area contributed by atoms with E-state index in [1.165, 1.54) is 0 Å². The number of amides is 1. The van der Waals surface area contributed by atoms with Gasteiger partial charge in [0.05, 0.1) is 17.6 Å². The summed E-state index contributed by atoms with van der Waals surface area (Å²) in [6.45, 7) is 9.83. The number of hydrogen-bond donors (Lipinski definition) is 1. The largest absolute Gasteiger partial charge is 0.507 e. The van der Waals surface area contributed by atoms with E-state index in [9.17, 15) is 14.7 Å². The normalized spacial score (nSPS) is 19.9. The van der Waals surface area contributed by atoms with Crippen LogP contribution in [0.3, 0.4) is 0 Å². The molecule has 0 radical (unpaired) electrons. The topological polar surface area (TPSA) is 73.3 Å². The summed E-state index contributed by atoms with van der Waals surface area (Å²) in [7, 11) is 0.